The summed E-state index contributed by atoms with van der Waals surface area (Å²) in [7, 11) is -4.00. The molecular weight excluding hydrogens is 434 g/mol. The molecule has 1 fully saturated rings. The lowest BCUT2D eigenvalue weighted by Crippen LogP contribution is -2.55. The van der Waals surface area contributed by atoms with E-state index in [2.05, 4.69) is 20.7 Å². The Hall–Kier alpha value is -1.90. The normalized spacial score (nSPS) is 17.4. The number of nitrogens with one attached hydrogen (secondary N) is 1. The van der Waals surface area contributed by atoms with Crippen LogP contribution >= 0.6 is 15.9 Å². The molecule has 0 bridgehead atoms. The minimum absolute atomic E-state index is 0.000629. The van der Waals surface area contributed by atoms with Crippen LogP contribution in [0.2, 0.25) is 0 Å². The van der Waals surface area contributed by atoms with Gasteiger partial charge < -0.3 is 9.52 Å². The highest BCUT2D eigenvalue weighted by Crippen LogP contribution is 2.34. The quantitative estimate of drug-likeness (QED) is 0.611. The Balaban J connectivity index is 1.76. The van der Waals surface area contributed by atoms with E-state index in [0.29, 0.717) is 36.8 Å². The smallest absolute Gasteiger partial charge is 0.324 e. The van der Waals surface area contributed by atoms with Crippen molar-refractivity contribution in [3.05, 3.63) is 40.9 Å². The lowest BCUT2D eigenvalue weighted by atomic mass is 9.83. The van der Waals surface area contributed by atoms with Gasteiger partial charge in [-0.3, -0.25) is 4.79 Å². The van der Waals surface area contributed by atoms with Crippen LogP contribution in [0.4, 0.5) is 0 Å². The summed E-state index contributed by atoms with van der Waals surface area (Å²) in [6.45, 7) is 0. The van der Waals surface area contributed by atoms with Gasteiger partial charge in [0.25, 0.3) is 0 Å². The zero-order chi connectivity index (χ0) is 19.2. The average Bonchev–Trinajstić information content (AvgIpc) is 2.99. The highest BCUT2D eigenvalue weighted by molar-refractivity contribution is 9.10. The maximum Gasteiger partial charge on any atom is 0.324 e. The molecule has 27 heavy (non-hydrogen) atoms. The Kier molecular flexibility index (Phi) is 4.52. The lowest BCUT2D eigenvalue weighted by Gasteiger charge is -2.33. The largest absolute Gasteiger partial charge is 0.480 e. The number of carboxylic acids is 1. The standard InChI is InChI=1S/C19H18BrNO5S/c20-12-4-7-16-15(10-12)14-6-5-13(11-17(14)26-16)27(24,25)21-19(18(22)23)8-2-1-3-9-19/h4-7,10-11,21H,1-3,8-9H2,(H,22,23). The van der Waals surface area contributed by atoms with Crippen LogP contribution in [0.1, 0.15) is 32.1 Å². The summed E-state index contributed by atoms with van der Waals surface area (Å²) in [5.41, 5.74) is -0.339. The third-order valence-corrected chi connectivity index (χ3v) is 7.19. The van der Waals surface area contributed by atoms with Crippen LogP contribution in [-0.2, 0) is 14.8 Å². The molecule has 0 aliphatic heterocycles. The number of sulfonamides is 1. The molecule has 0 amide bonds. The maximum atomic E-state index is 12.9. The van der Waals surface area contributed by atoms with Gasteiger partial charge in [0.1, 0.15) is 16.7 Å². The van der Waals surface area contributed by atoms with Crippen molar-refractivity contribution in [3.8, 4) is 0 Å². The maximum absolute atomic E-state index is 12.9. The van der Waals surface area contributed by atoms with Crippen molar-refractivity contribution in [2.24, 2.45) is 0 Å². The zero-order valence-corrected chi connectivity index (χ0v) is 16.8. The van der Waals surface area contributed by atoms with E-state index in [-0.39, 0.29) is 4.90 Å². The molecule has 1 heterocycles. The van der Waals surface area contributed by atoms with Crippen molar-refractivity contribution in [2.75, 3.05) is 0 Å². The van der Waals surface area contributed by atoms with E-state index in [0.717, 1.165) is 21.7 Å². The van der Waals surface area contributed by atoms with Gasteiger partial charge in [-0.2, -0.15) is 4.72 Å². The predicted molar refractivity (Wildman–Crippen MR) is 105 cm³/mol. The van der Waals surface area contributed by atoms with Crippen molar-refractivity contribution in [1.29, 1.82) is 0 Å². The van der Waals surface area contributed by atoms with E-state index in [1.165, 1.54) is 12.1 Å². The van der Waals surface area contributed by atoms with Crippen molar-refractivity contribution >= 4 is 53.9 Å². The van der Waals surface area contributed by atoms with E-state index in [1.54, 1.807) is 6.07 Å². The van der Waals surface area contributed by atoms with Crippen molar-refractivity contribution in [3.63, 3.8) is 0 Å². The molecule has 3 aromatic rings. The van der Waals surface area contributed by atoms with Crippen LogP contribution in [0.25, 0.3) is 21.9 Å². The molecule has 1 aliphatic carbocycles. The van der Waals surface area contributed by atoms with Gasteiger partial charge >= 0.3 is 5.97 Å². The van der Waals surface area contributed by atoms with E-state index in [4.69, 9.17) is 4.42 Å². The van der Waals surface area contributed by atoms with Crippen LogP contribution in [0.15, 0.2) is 50.2 Å². The second kappa shape index (κ2) is 6.61. The fraction of sp³-hybridized carbons (Fsp3) is 0.316. The first-order valence-corrected chi connectivity index (χ1v) is 11.0. The van der Waals surface area contributed by atoms with E-state index in [9.17, 15) is 18.3 Å². The molecule has 142 valence electrons. The highest BCUT2D eigenvalue weighted by Gasteiger charge is 2.43. The predicted octanol–water partition coefficient (Wildman–Crippen LogP) is 4.41. The van der Waals surface area contributed by atoms with Crippen LogP contribution in [0.3, 0.4) is 0 Å². The third kappa shape index (κ3) is 3.26. The molecule has 4 rings (SSSR count). The van der Waals surface area contributed by atoms with E-state index >= 15 is 0 Å². The summed E-state index contributed by atoms with van der Waals surface area (Å²) in [4.78, 5) is 11.8. The molecule has 0 atom stereocenters. The minimum Gasteiger partial charge on any atom is -0.480 e. The molecule has 1 saturated carbocycles. The number of benzene rings is 2. The number of rotatable bonds is 4. The Labute approximate surface area is 164 Å². The molecule has 8 heteroatoms. The Bertz CT molecular complexity index is 1150. The van der Waals surface area contributed by atoms with E-state index < -0.39 is 21.5 Å². The average molecular weight is 452 g/mol. The summed E-state index contributed by atoms with van der Waals surface area (Å²) in [6, 6.07) is 10.2. The minimum atomic E-state index is -4.00. The van der Waals surface area contributed by atoms with Gasteiger partial charge in [0.2, 0.25) is 10.0 Å². The number of hydrogen-bond donors (Lipinski definition) is 2. The number of carbonyl (C=O) groups is 1. The fourth-order valence-corrected chi connectivity index (χ4v) is 5.52. The van der Waals surface area contributed by atoms with Crippen molar-refractivity contribution in [2.45, 2.75) is 42.5 Å². The summed E-state index contributed by atoms with van der Waals surface area (Å²) < 4.78 is 34.9. The summed E-state index contributed by atoms with van der Waals surface area (Å²) >= 11 is 3.42. The second-order valence-corrected chi connectivity index (χ2v) is 9.55. The number of aliphatic carboxylic acids is 1. The van der Waals surface area contributed by atoms with Gasteiger partial charge in [0, 0.05) is 21.3 Å². The molecule has 1 aliphatic rings. The molecule has 2 N–H and O–H groups in total. The Morgan fingerprint density at radius 1 is 1.04 bits per heavy atom. The first-order chi connectivity index (χ1) is 12.8. The molecular formula is C19H18BrNO5S. The number of furan rings is 1. The second-order valence-electron chi connectivity index (χ2n) is 6.95. The third-order valence-electron chi connectivity index (χ3n) is 5.16. The Morgan fingerprint density at radius 3 is 2.48 bits per heavy atom. The summed E-state index contributed by atoms with van der Waals surface area (Å²) in [6.07, 6.45) is 2.88. The van der Waals surface area contributed by atoms with Crippen LogP contribution in [0.5, 0.6) is 0 Å². The van der Waals surface area contributed by atoms with Gasteiger partial charge in [0.15, 0.2) is 0 Å². The number of halogens is 1. The molecule has 1 aromatic heterocycles. The van der Waals surface area contributed by atoms with Crippen LogP contribution in [-0.4, -0.2) is 25.0 Å². The van der Waals surface area contributed by atoms with Crippen molar-refractivity contribution in [1.82, 2.24) is 4.72 Å². The van der Waals surface area contributed by atoms with E-state index in [1.807, 2.05) is 18.2 Å². The molecule has 6 nitrogen and oxygen atoms in total. The highest BCUT2D eigenvalue weighted by atomic mass is 79.9. The van der Waals surface area contributed by atoms with Crippen molar-refractivity contribution < 1.29 is 22.7 Å². The summed E-state index contributed by atoms with van der Waals surface area (Å²) in [5.74, 6) is -1.12. The fourth-order valence-electron chi connectivity index (χ4n) is 3.73. The first kappa shape index (κ1) is 18.5. The molecule has 0 saturated heterocycles. The number of hydrogen-bond acceptors (Lipinski definition) is 4. The monoisotopic (exact) mass is 451 g/mol. The lowest BCUT2D eigenvalue weighted by molar-refractivity contribution is -0.145. The zero-order valence-electron chi connectivity index (χ0n) is 14.4. The SMILES string of the molecule is O=C(O)C1(NS(=O)(=O)c2ccc3c(c2)oc2ccc(Br)cc23)CCCCC1. The van der Waals surface area contributed by atoms with Gasteiger partial charge in [0.05, 0.1) is 4.90 Å². The van der Waals surface area contributed by atoms with Crippen LogP contribution in [0, 0.1) is 0 Å². The Morgan fingerprint density at radius 2 is 1.78 bits per heavy atom. The summed E-state index contributed by atoms with van der Waals surface area (Å²) in [5, 5.41) is 11.3. The van der Waals surface area contributed by atoms with Gasteiger partial charge in [-0.05, 0) is 43.2 Å². The molecule has 0 unspecified atom stereocenters. The van der Waals surface area contributed by atoms with Gasteiger partial charge in [-0.15, -0.1) is 0 Å². The number of carboxylic acid groups (broad SMARTS) is 1. The molecule has 0 radical (unpaired) electrons. The van der Waals surface area contributed by atoms with Gasteiger partial charge in [-0.1, -0.05) is 35.2 Å². The van der Waals surface area contributed by atoms with Crippen LogP contribution < -0.4 is 4.72 Å². The molecule has 0 spiro atoms. The number of fused-ring (bicyclic) bond motifs is 3. The first-order valence-electron chi connectivity index (χ1n) is 8.70. The molecule has 2 aromatic carbocycles. The van der Waals surface area contributed by atoms with Gasteiger partial charge in [-0.25, -0.2) is 8.42 Å². The topological polar surface area (TPSA) is 96.6 Å².